The number of ether oxygens (including phenoxy) is 1. The lowest BCUT2D eigenvalue weighted by molar-refractivity contribution is -0.0766. The Balaban J connectivity index is 2.47. The summed E-state index contributed by atoms with van der Waals surface area (Å²) in [6.07, 6.45) is -0.0707. The van der Waals surface area contributed by atoms with Crippen LogP contribution in [0.3, 0.4) is 0 Å². The van der Waals surface area contributed by atoms with Gasteiger partial charge in [-0.05, 0) is 6.07 Å². The fraction of sp³-hybridized carbons (Fsp3) is 0.600. The number of nitrogens with zero attached hydrogens (tertiary/aromatic N) is 2. The minimum Gasteiger partial charge on any atom is -0.393 e. The molecule has 0 bridgehead atoms. The zero-order chi connectivity index (χ0) is 14.3. The molecule has 2 heterocycles. The molecule has 0 aromatic carbocycles. The molecule has 1 fully saturated rings. The van der Waals surface area contributed by atoms with Gasteiger partial charge in [-0.1, -0.05) is 11.6 Å². The van der Waals surface area contributed by atoms with Gasteiger partial charge in [0, 0.05) is 6.20 Å². The second-order valence-electron chi connectivity index (χ2n) is 4.37. The van der Waals surface area contributed by atoms with E-state index in [0.717, 1.165) is 4.57 Å². The number of nitrogen functional groups attached to an aromatic ring is 1. The van der Waals surface area contributed by atoms with E-state index in [0.29, 0.717) is 0 Å². The van der Waals surface area contributed by atoms with E-state index >= 15 is 0 Å². The van der Waals surface area contributed by atoms with Crippen molar-refractivity contribution in [3.63, 3.8) is 0 Å². The molecular weight excluding hydrogens is 297 g/mol. The van der Waals surface area contributed by atoms with Gasteiger partial charge in [0.05, 0.1) is 19.1 Å². The Morgan fingerprint density at radius 2 is 2.37 bits per heavy atom. The van der Waals surface area contributed by atoms with E-state index in [2.05, 4.69) is 4.98 Å². The highest BCUT2D eigenvalue weighted by molar-refractivity contribution is 6.23. The number of anilines is 1. The molecule has 7 nitrogen and oxygen atoms in total. The smallest absolute Gasteiger partial charge is 0.351 e. The van der Waals surface area contributed by atoms with E-state index in [1.807, 2.05) is 0 Å². The van der Waals surface area contributed by atoms with E-state index in [1.165, 1.54) is 12.3 Å². The van der Waals surface area contributed by atoms with Crippen molar-refractivity contribution in [3.8, 4) is 0 Å². The summed E-state index contributed by atoms with van der Waals surface area (Å²) in [4.78, 5) is 13.7. The third-order valence-corrected chi connectivity index (χ3v) is 4.15. The molecule has 106 valence electrons. The van der Waals surface area contributed by atoms with E-state index in [1.54, 1.807) is 0 Å². The van der Waals surface area contributed by atoms with Crippen LogP contribution in [0, 0.1) is 0 Å². The van der Waals surface area contributed by atoms with Crippen molar-refractivity contribution in [3.05, 3.63) is 22.7 Å². The van der Waals surface area contributed by atoms with Crippen molar-refractivity contribution in [2.75, 3.05) is 24.8 Å². The molecule has 1 aliphatic heterocycles. The number of nitrogens with two attached hydrogens (primary N) is 1. The molecule has 0 radical (unpaired) electrons. The Hall–Kier alpha value is -0.860. The van der Waals surface area contributed by atoms with Crippen LogP contribution in [0.5, 0.6) is 0 Å². The topological polar surface area (TPSA) is 111 Å². The normalized spacial score (nSPS) is 34.6. The highest BCUT2D eigenvalue weighted by Crippen LogP contribution is 2.41. The summed E-state index contributed by atoms with van der Waals surface area (Å²) in [5, 5.41) is 19.6. The van der Waals surface area contributed by atoms with E-state index in [9.17, 15) is 15.0 Å². The van der Waals surface area contributed by atoms with Gasteiger partial charge in [-0.2, -0.15) is 4.98 Å². The maximum absolute atomic E-state index is 11.8. The molecule has 0 spiro atoms. The first-order valence-corrected chi connectivity index (χ1v) is 6.34. The summed E-state index contributed by atoms with van der Waals surface area (Å²) in [5.41, 5.74) is 3.25. The first-order chi connectivity index (χ1) is 8.89. The summed E-state index contributed by atoms with van der Waals surface area (Å²) in [7, 11) is 0. The molecule has 3 atom stereocenters. The number of rotatable bonds is 3. The molecule has 19 heavy (non-hydrogen) atoms. The standard InChI is InChI=1S/C10H13Cl2N3O4/c11-3-9(4-16)7(17)10(12,5-19-9)15-2-1-6(13)14-8(15)18/h1-2,7,16-17H,3-5H2,(H2,13,14,18)/t7-,9-,10-/m1/s1. The molecule has 1 saturated heterocycles. The highest BCUT2D eigenvalue weighted by atomic mass is 35.5. The van der Waals surface area contributed by atoms with E-state index < -0.39 is 29.0 Å². The lowest BCUT2D eigenvalue weighted by Crippen LogP contribution is -2.54. The quantitative estimate of drug-likeness (QED) is 0.623. The molecule has 1 aromatic heterocycles. The monoisotopic (exact) mass is 309 g/mol. The molecule has 1 aromatic rings. The van der Waals surface area contributed by atoms with Crippen molar-refractivity contribution in [1.82, 2.24) is 9.55 Å². The van der Waals surface area contributed by atoms with Crippen LogP contribution in [-0.4, -0.2) is 50.6 Å². The summed E-state index contributed by atoms with van der Waals surface area (Å²) >= 11 is 12.0. The van der Waals surface area contributed by atoms with Gasteiger partial charge >= 0.3 is 5.69 Å². The number of hydrogen-bond acceptors (Lipinski definition) is 6. The zero-order valence-electron chi connectivity index (χ0n) is 9.79. The first-order valence-electron chi connectivity index (χ1n) is 5.43. The molecule has 4 N–H and O–H groups in total. The average Bonchev–Trinajstić information content (AvgIpc) is 2.64. The zero-order valence-corrected chi connectivity index (χ0v) is 11.3. The van der Waals surface area contributed by atoms with Crippen LogP contribution in [0.1, 0.15) is 0 Å². The summed E-state index contributed by atoms with van der Waals surface area (Å²) < 4.78 is 6.34. The summed E-state index contributed by atoms with van der Waals surface area (Å²) in [6.45, 7) is -0.724. The van der Waals surface area contributed by atoms with Gasteiger partial charge in [0.1, 0.15) is 17.5 Å². The SMILES string of the molecule is Nc1ccn([C@]2(Cl)CO[C@@](CO)(CCl)[C@H]2O)c(=O)n1. The summed E-state index contributed by atoms with van der Waals surface area (Å²) in [6, 6.07) is 1.37. The van der Waals surface area contributed by atoms with E-state index in [-0.39, 0.29) is 18.3 Å². The van der Waals surface area contributed by atoms with E-state index in [4.69, 9.17) is 33.7 Å². The van der Waals surface area contributed by atoms with Crippen LogP contribution in [0.2, 0.25) is 0 Å². The van der Waals surface area contributed by atoms with Crippen molar-refractivity contribution >= 4 is 29.0 Å². The molecule has 0 aliphatic carbocycles. The van der Waals surface area contributed by atoms with Crippen LogP contribution in [-0.2, 0) is 9.73 Å². The van der Waals surface area contributed by atoms with Crippen LogP contribution in [0.25, 0.3) is 0 Å². The van der Waals surface area contributed by atoms with Crippen LogP contribution in [0.4, 0.5) is 5.82 Å². The first kappa shape index (κ1) is 14.5. The third kappa shape index (κ3) is 2.11. The predicted octanol–water partition coefficient (Wildman–Crippen LogP) is -0.922. The second kappa shape index (κ2) is 4.92. The molecule has 9 heteroatoms. The largest absolute Gasteiger partial charge is 0.393 e. The Labute approximate surface area is 118 Å². The van der Waals surface area contributed by atoms with Gasteiger partial charge in [-0.3, -0.25) is 4.57 Å². The Bertz CT molecular complexity index is 534. The molecule has 0 saturated carbocycles. The van der Waals surface area contributed by atoms with Gasteiger partial charge in [0.15, 0.2) is 5.00 Å². The molecule has 0 unspecified atom stereocenters. The fourth-order valence-corrected chi connectivity index (χ4v) is 2.68. The number of halogens is 2. The minimum atomic E-state index is -1.59. The third-order valence-electron chi connectivity index (χ3n) is 3.20. The molecule has 2 rings (SSSR count). The van der Waals surface area contributed by atoms with Crippen molar-refractivity contribution in [2.45, 2.75) is 16.7 Å². The molecular formula is C10H13Cl2N3O4. The van der Waals surface area contributed by atoms with Crippen molar-refractivity contribution in [1.29, 1.82) is 0 Å². The van der Waals surface area contributed by atoms with Crippen LogP contribution < -0.4 is 11.4 Å². The number of aromatic nitrogens is 2. The maximum Gasteiger partial charge on any atom is 0.351 e. The van der Waals surface area contributed by atoms with Crippen LogP contribution >= 0.6 is 23.2 Å². The minimum absolute atomic E-state index is 0.0423. The lowest BCUT2D eigenvalue weighted by Gasteiger charge is -2.32. The second-order valence-corrected chi connectivity index (χ2v) is 5.29. The number of aliphatic hydroxyl groups excluding tert-OH is 2. The number of aliphatic hydroxyl groups is 2. The van der Waals surface area contributed by atoms with Gasteiger partial charge in [-0.25, -0.2) is 4.79 Å². The van der Waals surface area contributed by atoms with Gasteiger partial charge in [0.25, 0.3) is 0 Å². The van der Waals surface area contributed by atoms with Gasteiger partial charge < -0.3 is 20.7 Å². The Kier molecular flexibility index (Phi) is 3.76. The number of alkyl halides is 2. The van der Waals surface area contributed by atoms with Crippen LogP contribution in [0.15, 0.2) is 17.1 Å². The van der Waals surface area contributed by atoms with Crippen molar-refractivity contribution < 1.29 is 14.9 Å². The average molecular weight is 310 g/mol. The van der Waals surface area contributed by atoms with Gasteiger partial charge in [0.2, 0.25) is 0 Å². The highest BCUT2D eigenvalue weighted by Gasteiger charge is 2.58. The van der Waals surface area contributed by atoms with Crippen molar-refractivity contribution in [2.24, 2.45) is 0 Å². The Morgan fingerprint density at radius 1 is 1.68 bits per heavy atom. The molecule has 1 aliphatic rings. The lowest BCUT2D eigenvalue weighted by atomic mass is 9.96. The predicted molar refractivity (Wildman–Crippen MR) is 69.2 cm³/mol. The Morgan fingerprint density at radius 3 is 2.84 bits per heavy atom. The van der Waals surface area contributed by atoms with Gasteiger partial charge in [-0.15, -0.1) is 11.6 Å². The maximum atomic E-state index is 11.8. The summed E-state index contributed by atoms with van der Waals surface area (Å²) in [5.74, 6) is -0.128. The number of hydrogen-bond donors (Lipinski definition) is 3. The molecule has 0 amide bonds. The fourth-order valence-electron chi connectivity index (χ4n) is 1.99.